The molecule has 29 heavy (non-hydrogen) atoms. The summed E-state index contributed by atoms with van der Waals surface area (Å²) >= 11 is 0. The van der Waals surface area contributed by atoms with Crippen molar-refractivity contribution in [1.82, 2.24) is 20.0 Å². The van der Waals surface area contributed by atoms with Gasteiger partial charge in [-0.2, -0.15) is 0 Å². The first-order valence-electron chi connectivity index (χ1n) is 9.49. The van der Waals surface area contributed by atoms with Gasteiger partial charge in [0.1, 0.15) is 11.7 Å². The predicted octanol–water partition coefficient (Wildman–Crippen LogP) is 1.82. The Labute approximate surface area is 168 Å². The molecule has 2 aliphatic rings. The fourth-order valence-corrected chi connectivity index (χ4v) is 3.66. The molecule has 0 saturated carbocycles. The van der Waals surface area contributed by atoms with Gasteiger partial charge in [0.15, 0.2) is 5.82 Å². The molecule has 0 saturated heterocycles. The molecule has 3 heterocycles. The molecule has 1 atom stereocenters. The summed E-state index contributed by atoms with van der Waals surface area (Å²) in [5.41, 5.74) is 2.49. The molecule has 0 radical (unpaired) electrons. The highest BCUT2D eigenvalue weighted by atomic mass is 16.2. The highest BCUT2D eigenvalue weighted by Crippen LogP contribution is 2.32. The molecular weight excluding hydrogens is 370 g/mol. The molecule has 8 nitrogen and oxygen atoms in total. The number of benzene rings is 1. The van der Waals surface area contributed by atoms with Gasteiger partial charge in [0.25, 0.3) is 11.8 Å². The zero-order valence-electron chi connectivity index (χ0n) is 16.3. The zero-order chi connectivity index (χ0) is 20.5. The van der Waals surface area contributed by atoms with Crippen molar-refractivity contribution < 1.29 is 14.4 Å². The lowest BCUT2D eigenvalue weighted by Crippen LogP contribution is -2.45. The molecule has 1 N–H and O–H groups in total. The maximum Gasteiger partial charge on any atom is 0.277 e. The third kappa shape index (κ3) is 3.37. The Kier molecular flexibility index (Phi) is 4.84. The molecule has 0 fully saturated rings. The van der Waals surface area contributed by atoms with Crippen LogP contribution < -0.4 is 5.32 Å². The average Bonchev–Trinajstić information content (AvgIpc) is 2.98. The van der Waals surface area contributed by atoms with Gasteiger partial charge in [0.05, 0.1) is 5.69 Å². The summed E-state index contributed by atoms with van der Waals surface area (Å²) in [6, 6.07) is 12.5. The van der Waals surface area contributed by atoms with E-state index in [0.717, 1.165) is 16.9 Å². The highest BCUT2D eigenvalue weighted by molar-refractivity contribution is 6.19. The highest BCUT2D eigenvalue weighted by Gasteiger charge is 2.42. The summed E-state index contributed by atoms with van der Waals surface area (Å²) in [7, 11) is 1.47. The molecule has 8 heteroatoms. The van der Waals surface area contributed by atoms with Crippen LogP contribution in [-0.2, 0) is 14.4 Å². The Hall–Kier alpha value is -3.55. The quantitative estimate of drug-likeness (QED) is 0.799. The summed E-state index contributed by atoms with van der Waals surface area (Å²) in [6.07, 6.45) is 1.27. The van der Waals surface area contributed by atoms with Crippen molar-refractivity contribution in [1.29, 1.82) is 0 Å². The average molecular weight is 391 g/mol. The van der Waals surface area contributed by atoms with Gasteiger partial charge in [-0.25, -0.2) is 0 Å². The SMILES string of the molecule is CC(C(=O)Nc1ccc(-c2ccccc2)nn1)N1CCCC2=C1C(=O)N(C)C2=O. The van der Waals surface area contributed by atoms with Crippen LogP contribution in [0.5, 0.6) is 0 Å². The van der Waals surface area contributed by atoms with Crippen LogP contribution in [0.3, 0.4) is 0 Å². The van der Waals surface area contributed by atoms with Crippen molar-refractivity contribution in [3.05, 3.63) is 53.7 Å². The monoisotopic (exact) mass is 391 g/mol. The fourth-order valence-electron chi connectivity index (χ4n) is 3.66. The van der Waals surface area contributed by atoms with Crippen LogP contribution in [0.2, 0.25) is 0 Å². The number of likely N-dealkylation sites (N-methyl/N-ethyl adjacent to an activating group) is 1. The van der Waals surface area contributed by atoms with Gasteiger partial charge in [-0.3, -0.25) is 19.3 Å². The maximum absolute atomic E-state index is 12.8. The summed E-state index contributed by atoms with van der Waals surface area (Å²) in [5.74, 6) is -0.602. The number of imide groups is 1. The van der Waals surface area contributed by atoms with Crippen molar-refractivity contribution in [3.8, 4) is 11.3 Å². The van der Waals surface area contributed by atoms with E-state index >= 15 is 0 Å². The minimum absolute atomic E-state index is 0.273. The van der Waals surface area contributed by atoms with E-state index in [4.69, 9.17) is 0 Å². The van der Waals surface area contributed by atoms with Gasteiger partial charge in [0.2, 0.25) is 5.91 Å². The van der Waals surface area contributed by atoms with Crippen LogP contribution in [-0.4, -0.2) is 57.4 Å². The number of rotatable bonds is 4. The number of amides is 3. The van der Waals surface area contributed by atoms with Crippen LogP contribution in [0.1, 0.15) is 19.8 Å². The minimum Gasteiger partial charge on any atom is -0.355 e. The summed E-state index contributed by atoms with van der Waals surface area (Å²) in [4.78, 5) is 40.3. The molecule has 1 unspecified atom stereocenters. The van der Waals surface area contributed by atoms with Gasteiger partial charge in [-0.05, 0) is 31.9 Å². The van der Waals surface area contributed by atoms with E-state index in [2.05, 4.69) is 15.5 Å². The number of carbonyl (C=O) groups excluding carboxylic acids is 3. The van der Waals surface area contributed by atoms with Crippen molar-refractivity contribution in [2.24, 2.45) is 0 Å². The summed E-state index contributed by atoms with van der Waals surface area (Å²) in [5, 5.41) is 11.0. The third-order valence-corrected chi connectivity index (χ3v) is 5.30. The van der Waals surface area contributed by atoms with Crippen molar-refractivity contribution in [3.63, 3.8) is 0 Å². The van der Waals surface area contributed by atoms with Crippen molar-refractivity contribution in [2.75, 3.05) is 18.9 Å². The fraction of sp³-hybridized carbons (Fsp3) is 0.286. The third-order valence-electron chi connectivity index (χ3n) is 5.30. The van der Waals surface area contributed by atoms with E-state index in [0.29, 0.717) is 35.7 Å². The summed E-state index contributed by atoms with van der Waals surface area (Å²) in [6.45, 7) is 2.26. The maximum atomic E-state index is 12.8. The van der Waals surface area contributed by atoms with Crippen LogP contribution in [0, 0.1) is 0 Å². The molecule has 0 aliphatic carbocycles. The van der Waals surface area contributed by atoms with Crippen LogP contribution in [0.25, 0.3) is 11.3 Å². The van der Waals surface area contributed by atoms with E-state index in [-0.39, 0.29) is 17.7 Å². The smallest absolute Gasteiger partial charge is 0.277 e. The van der Waals surface area contributed by atoms with Gasteiger partial charge in [0, 0.05) is 24.7 Å². The molecule has 1 aromatic heterocycles. The van der Waals surface area contributed by atoms with Crippen LogP contribution >= 0.6 is 0 Å². The number of carbonyl (C=O) groups is 3. The first kappa shape index (κ1) is 18.8. The number of anilines is 1. The molecule has 0 bridgehead atoms. The van der Waals surface area contributed by atoms with E-state index in [1.54, 1.807) is 24.0 Å². The Morgan fingerprint density at radius 3 is 2.52 bits per heavy atom. The second kappa shape index (κ2) is 7.46. The number of aromatic nitrogens is 2. The van der Waals surface area contributed by atoms with E-state index in [1.807, 2.05) is 30.3 Å². The molecule has 1 aromatic carbocycles. The Morgan fingerprint density at radius 2 is 1.83 bits per heavy atom. The molecule has 2 aliphatic heterocycles. The largest absolute Gasteiger partial charge is 0.355 e. The van der Waals surface area contributed by atoms with Gasteiger partial charge >= 0.3 is 0 Å². The van der Waals surface area contributed by atoms with Crippen molar-refractivity contribution >= 4 is 23.5 Å². The van der Waals surface area contributed by atoms with Gasteiger partial charge in [-0.15, -0.1) is 10.2 Å². The predicted molar refractivity (Wildman–Crippen MR) is 106 cm³/mol. The molecule has 148 valence electrons. The first-order valence-corrected chi connectivity index (χ1v) is 9.49. The molecular formula is C21H21N5O3. The van der Waals surface area contributed by atoms with E-state index < -0.39 is 6.04 Å². The van der Waals surface area contributed by atoms with E-state index in [1.165, 1.54) is 7.05 Å². The second-order valence-corrected chi connectivity index (χ2v) is 7.13. The molecule has 0 spiro atoms. The van der Waals surface area contributed by atoms with E-state index in [9.17, 15) is 14.4 Å². The molecule has 4 rings (SSSR count). The van der Waals surface area contributed by atoms with Gasteiger partial charge in [-0.1, -0.05) is 30.3 Å². The minimum atomic E-state index is -0.626. The zero-order valence-corrected chi connectivity index (χ0v) is 16.3. The molecule has 2 aromatic rings. The Bertz CT molecular complexity index is 1000. The number of nitrogens with one attached hydrogen (secondary N) is 1. The lowest BCUT2D eigenvalue weighted by Gasteiger charge is -2.33. The van der Waals surface area contributed by atoms with Gasteiger partial charge < -0.3 is 10.2 Å². The normalized spacial score (nSPS) is 17.4. The molecule has 3 amide bonds. The topological polar surface area (TPSA) is 95.5 Å². The Morgan fingerprint density at radius 1 is 1.07 bits per heavy atom. The van der Waals surface area contributed by atoms with Crippen molar-refractivity contribution in [2.45, 2.75) is 25.8 Å². The standard InChI is InChI=1S/C21H21N5O3/c1-13(26-12-6-9-15-18(26)21(29)25(2)20(15)28)19(27)22-17-11-10-16(23-24-17)14-7-4-3-5-8-14/h3-5,7-8,10-11,13H,6,9,12H2,1-2H3,(H,22,24,27). The van der Waals surface area contributed by atoms with Crippen LogP contribution in [0.4, 0.5) is 5.82 Å². The van der Waals surface area contributed by atoms with Crippen LogP contribution in [0.15, 0.2) is 53.7 Å². The Balaban J connectivity index is 1.49. The lowest BCUT2D eigenvalue weighted by molar-refractivity contribution is -0.136. The first-order chi connectivity index (χ1) is 14.0. The lowest BCUT2D eigenvalue weighted by atomic mass is 10.0. The second-order valence-electron chi connectivity index (χ2n) is 7.13. The summed E-state index contributed by atoms with van der Waals surface area (Å²) < 4.78 is 0. The number of hydrogen-bond donors (Lipinski definition) is 1. The number of nitrogens with zero attached hydrogens (tertiary/aromatic N) is 4. The number of hydrogen-bond acceptors (Lipinski definition) is 6.